The molecule has 1 aromatic heterocycles. The van der Waals surface area contributed by atoms with E-state index in [9.17, 15) is 4.79 Å². The van der Waals surface area contributed by atoms with Crippen LogP contribution in [0.25, 0.3) is 0 Å². The minimum Gasteiger partial charge on any atom is -0.353 e. The van der Waals surface area contributed by atoms with Crippen molar-refractivity contribution in [1.29, 1.82) is 0 Å². The van der Waals surface area contributed by atoms with Crippen LogP contribution < -0.4 is 16.2 Å². The van der Waals surface area contributed by atoms with Gasteiger partial charge in [-0.25, -0.2) is 4.98 Å². The molecule has 1 aliphatic heterocycles. The SMILES string of the molecule is CC(C)C1(N)CN(c2cc(=O)[nH]c(C3CC3)n2)C1. The number of H-pyrrole nitrogens is 1. The molecule has 18 heavy (non-hydrogen) atoms. The third kappa shape index (κ3) is 1.92. The highest BCUT2D eigenvalue weighted by atomic mass is 16.1. The molecule has 0 atom stereocenters. The average Bonchev–Trinajstić information content (AvgIpc) is 3.07. The van der Waals surface area contributed by atoms with E-state index in [0.717, 1.165) is 37.6 Å². The van der Waals surface area contributed by atoms with Gasteiger partial charge < -0.3 is 15.6 Å². The summed E-state index contributed by atoms with van der Waals surface area (Å²) in [5, 5.41) is 0. The first-order valence-electron chi connectivity index (χ1n) is 6.63. The van der Waals surface area contributed by atoms with Crippen LogP contribution in [0, 0.1) is 5.92 Å². The first-order chi connectivity index (χ1) is 8.48. The smallest absolute Gasteiger partial charge is 0.252 e. The summed E-state index contributed by atoms with van der Waals surface area (Å²) in [6.45, 7) is 5.84. The van der Waals surface area contributed by atoms with E-state index in [1.54, 1.807) is 6.07 Å². The summed E-state index contributed by atoms with van der Waals surface area (Å²) >= 11 is 0. The van der Waals surface area contributed by atoms with Crippen LogP contribution in [0.2, 0.25) is 0 Å². The molecule has 2 aliphatic rings. The van der Waals surface area contributed by atoms with Crippen molar-refractivity contribution in [2.24, 2.45) is 11.7 Å². The van der Waals surface area contributed by atoms with Crippen molar-refractivity contribution in [1.82, 2.24) is 9.97 Å². The van der Waals surface area contributed by atoms with Gasteiger partial charge in [-0.1, -0.05) is 13.8 Å². The minimum atomic E-state index is -0.135. The first-order valence-corrected chi connectivity index (χ1v) is 6.63. The van der Waals surface area contributed by atoms with Crippen molar-refractivity contribution in [2.45, 2.75) is 38.1 Å². The highest BCUT2D eigenvalue weighted by Crippen LogP contribution is 2.38. The molecule has 0 amide bonds. The van der Waals surface area contributed by atoms with Gasteiger partial charge in [0.05, 0.1) is 5.54 Å². The van der Waals surface area contributed by atoms with Gasteiger partial charge in [0.15, 0.2) is 0 Å². The fraction of sp³-hybridized carbons (Fsp3) is 0.692. The Balaban J connectivity index is 1.80. The van der Waals surface area contributed by atoms with Crippen LogP contribution in [0.15, 0.2) is 10.9 Å². The van der Waals surface area contributed by atoms with E-state index >= 15 is 0 Å². The summed E-state index contributed by atoms with van der Waals surface area (Å²) in [7, 11) is 0. The Bertz CT molecular complexity index is 512. The molecule has 98 valence electrons. The normalized spacial score (nSPS) is 22.1. The van der Waals surface area contributed by atoms with Crippen LogP contribution in [-0.4, -0.2) is 28.6 Å². The third-order valence-corrected chi connectivity index (χ3v) is 4.15. The number of hydrogen-bond donors (Lipinski definition) is 2. The standard InChI is InChI=1S/C13H20N4O/c1-8(2)13(14)6-17(7-13)10-5-11(18)16-12(15-10)9-3-4-9/h5,8-9H,3-4,6-7,14H2,1-2H3,(H,15,16,18). The summed E-state index contributed by atoms with van der Waals surface area (Å²) in [5.74, 6) is 2.53. The Morgan fingerprint density at radius 2 is 2.17 bits per heavy atom. The molecule has 1 aliphatic carbocycles. The van der Waals surface area contributed by atoms with Crippen molar-refractivity contribution in [3.63, 3.8) is 0 Å². The molecule has 0 unspecified atom stereocenters. The lowest BCUT2D eigenvalue weighted by Gasteiger charge is -2.50. The van der Waals surface area contributed by atoms with Crippen molar-refractivity contribution >= 4 is 5.82 Å². The van der Waals surface area contributed by atoms with Gasteiger partial charge in [-0.2, -0.15) is 0 Å². The summed E-state index contributed by atoms with van der Waals surface area (Å²) < 4.78 is 0. The zero-order valence-electron chi connectivity index (χ0n) is 10.9. The van der Waals surface area contributed by atoms with Gasteiger partial charge >= 0.3 is 0 Å². The summed E-state index contributed by atoms with van der Waals surface area (Å²) in [6, 6.07) is 1.58. The second-order valence-electron chi connectivity index (χ2n) is 6.01. The van der Waals surface area contributed by atoms with Crippen LogP contribution in [0.5, 0.6) is 0 Å². The third-order valence-electron chi connectivity index (χ3n) is 4.15. The van der Waals surface area contributed by atoms with Crippen LogP contribution in [0.1, 0.15) is 38.4 Å². The monoisotopic (exact) mass is 248 g/mol. The summed E-state index contributed by atoms with van der Waals surface area (Å²) in [4.78, 5) is 21.1. The lowest BCUT2D eigenvalue weighted by Crippen LogP contribution is -2.70. The molecule has 1 saturated heterocycles. The number of hydrogen-bond acceptors (Lipinski definition) is 4. The summed E-state index contributed by atoms with van der Waals surface area (Å²) in [5.41, 5.74) is 6.08. The number of aromatic amines is 1. The Morgan fingerprint density at radius 1 is 1.50 bits per heavy atom. The second kappa shape index (κ2) is 3.82. The van der Waals surface area contributed by atoms with Crippen molar-refractivity contribution in [3.8, 4) is 0 Å². The molecule has 1 saturated carbocycles. The van der Waals surface area contributed by atoms with Gasteiger partial charge in [-0.05, 0) is 18.8 Å². The van der Waals surface area contributed by atoms with Crippen LogP contribution in [-0.2, 0) is 0 Å². The number of nitrogens with one attached hydrogen (secondary N) is 1. The highest BCUT2D eigenvalue weighted by Gasteiger charge is 2.42. The molecular formula is C13H20N4O. The lowest BCUT2D eigenvalue weighted by molar-refractivity contribution is 0.243. The molecule has 0 aromatic carbocycles. The molecule has 0 spiro atoms. The van der Waals surface area contributed by atoms with Crippen LogP contribution in [0.4, 0.5) is 5.82 Å². The van der Waals surface area contributed by atoms with Gasteiger partial charge in [0, 0.05) is 25.1 Å². The van der Waals surface area contributed by atoms with Gasteiger partial charge in [0.1, 0.15) is 11.6 Å². The van der Waals surface area contributed by atoms with Crippen molar-refractivity contribution in [2.75, 3.05) is 18.0 Å². The largest absolute Gasteiger partial charge is 0.353 e. The molecule has 0 bridgehead atoms. The van der Waals surface area contributed by atoms with Crippen molar-refractivity contribution in [3.05, 3.63) is 22.2 Å². The number of anilines is 1. The fourth-order valence-electron chi connectivity index (χ4n) is 2.37. The minimum absolute atomic E-state index is 0.0547. The van der Waals surface area contributed by atoms with E-state index in [1.165, 1.54) is 0 Å². The topological polar surface area (TPSA) is 75.0 Å². The van der Waals surface area contributed by atoms with E-state index in [-0.39, 0.29) is 11.1 Å². The average molecular weight is 248 g/mol. The maximum Gasteiger partial charge on any atom is 0.252 e. The number of rotatable bonds is 3. The van der Waals surface area contributed by atoms with E-state index in [4.69, 9.17) is 5.73 Å². The summed E-state index contributed by atoms with van der Waals surface area (Å²) in [6.07, 6.45) is 2.28. The Kier molecular flexibility index (Phi) is 2.48. The van der Waals surface area contributed by atoms with Crippen LogP contribution in [0.3, 0.4) is 0 Å². The predicted octanol–water partition coefficient (Wildman–Crippen LogP) is 0.821. The maximum atomic E-state index is 11.6. The molecule has 3 N–H and O–H groups in total. The molecule has 1 aromatic rings. The highest BCUT2D eigenvalue weighted by molar-refractivity contribution is 5.44. The molecule has 2 fully saturated rings. The molecule has 5 nitrogen and oxygen atoms in total. The Morgan fingerprint density at radius 3 is 2.72 bits per heavy atom. The van der Waals surface area contributed by atoms with E-state index in [1.807, 2.05) is 0 Å². The van der Waals surface area contributed by atoms with Gasteiger partial charge in [-0.15, -0.1) is 0 Å². The molecule has 3 rings (SSSR count). The predicted molar refractivity (Wildman–Crippen MR) is 70.8 cm³/mol. The van der Waals surface area contributed by atoms with Gasteiger partial charge in [-0.3, -0.25) is 4.79 Å². The first kappa shape index (κ1) is 11.7. The van der Waals surface area contributed by atoms with Gasteiger partial charge in [0.2, 0.25) is 0 Å². The molecular weight excluding hydrogens is 228 g/mol. The molecule has 2 heterocycles. The zero-order valence-corrected chi connectivity index (χ0v) is 10.9. The maximum absolute atomic E-state index is 11.6. The lowest BCUT2D eigenvalue weighted by atomic mass is 9.80. The van der Waals surface area contributed by atoms with Crippen molar-refractivity contribution < 1.29 is 0 Å². The molecule has 5 heteroatoms. The van der Waals surface area contributed by atoms with E-state index < -0.39 is 0 Å². The van der Waals surface area contributed by atoms with Gasteiger partial charge in [0.25, 0.3) is 5.56 Å². The second-order valence-corrected chi connectivity index (χ2v) is 6.01. The van der Waals surface area contributed by atoms with E-state index in [0.29, 0.717) is 11.8 Å². The quantitative estimate of drug-likeness (QED) is 0.830. The van der Waals surface area contributed by atoms with Crippen LogP contribution >= 0.6 is 0 Å². The zero-order chi connectivity index (χ0) is 12.9. The Hall–Kier alpha value is -1.36. The number of aromatic nitrogens is 2. The number of nitrogens with two attached hydrogens (primary N) is 1. The number of nitrogens with zero attached hydrogens (tertiary/aromatic N) is 2. The fourth-order valence-corrected chi connectivity index (χ4v) is 2.37. The van der Waals surface area contributed by atoms with E-state index in [2.05, 4.69) is 28.7 Å². The molecule has 0 radical (unpaired) electrons. The Labute approximate surface area is 106 Å².